The Balaban J connectivity index is 1.82. The van der Waals surface area contributed by atoms with Crippen molar-refractivity contribution in [3.8, 4) is 11.5 Å². The highest BCUT2D eigenvalue weighted by atomic mass is 16.5. The number of nitrogens with two attached hydrogens (primary N) is 1. The molecule has 136 valence electrons. The van der Waals surface area contributed by atoms with E-state index in [-0.39, 0.29) is 0 Å². The smallest absolute Gasteiger partial charge is 0.163 e. The van der Waals surface area contributed by atoms with Crippen LogP contribution in [0.5, 0.6) is 11.5 Å². The molecule has 0 atom stereocenters. The zero-order valence-electron chi connectivity index (χ0n) is 14.9. The van der Waals surface area contributed by atoms with Crippen LogP contribution in [0.25, 0.3) is 10.9 Å². The van der Waals surface area contributed by atoms with E-state index in [4.69, 9.17) is 15.2 Å². The van der Waals surface area contributed by atoms with Gasteiger partial charge in [0, 0.05) is 18.0 Å². The van der Waals surface area contributed by atoms with Gasteiger partial charge >= 0.3 is 0 Å². The zero-order valence-corrected chi connectivity index (χ0v) is 14.9. The highest BCUT2D eigenvalue weighted by molar-refractivity contribution is 5.91. The van der Waals surface area contributed by atoms with Crippen molar-refractivity contribution >= 4 is 16.7 Å². The minimum atomic E-state index is 0.470. The summed E-state index contributed by atoms with van der Waals surface area (Å²) in [5.74, 6) is 2.12. The lowest BCUT2D eigenvalue weighted by Gasteiger charge is -2.14. The fourth-order valence-electron chi connectivity index (χ4n) is 2.69. The maximum atomic E-state index is 5.96. The summed E-state index contributed by atoms with van der Waals surface area (Å²) in [6.07, 6.45) is 3.54. The fraction of sp³-hybridized carbons (Fsp3) is 0.300. The molecule has 0 aliphatic heterocycles. The minimum absolute atomic E-state index is 0.470. The second-order valence-corrected chi connectivity index (χ2v) is 5.94. The third-order valence-corrected chi connectivity index (χ3v) is 4.08. The van der Waals surface area contributed by atoms with Gasteiger partial charge in [-0.1, -0.05) is 30.3 Å². The molecule has 6 heteroatoms. The van der Waals surface area contributed by atoms with Gasteiger partial charge in [-0.2, -0.15) is 0 Å². The molecule has 3 rings (SSSR count). The molecule has 0 unspecified atom stereocenters. The number of benzene rings is 2. The predicted molar refractivity (Wildman–Crippen MR) is 104 cm³/mol. The van der Waals surface area contributed by atoms with Gasteiger partial charge in [-0.3, -0.25) is 0 Å². The van der Waals surface area contributed by atoms with E-state index in [2.05, 4.69) is 15.3 Å². The van der Waals surface area contributed by atoms with Crippen LogP contribution in [-0.2, 0) is 6.61 Å². The van der Waals surface area contributed by atoms with Crippen LogP contribution in [0.2, 0.25) is 0 Å². The summed E-state index contributed by atoms with van der Waals surface area (Å²) in [7, 11) is 1.63. The van der Waals surface area contributed by atoms with Crippen LogP contribution in [0.1, 0.15) is 18.4 Å². The van der Waals surface area contributed by atoms with Gasteiger partial charge in [0.2, 0.25) is 0 Å². The zero-order chi connectivity index (χ0) is 18.2. The highest BCUT2D eigenvalue weighted by Gasteiger charge is 2.11. The summed E-state index contributed by atoms with van der Waals surface area (Å²) in [6, 6.07) is 13.8. The quantitative estimate of drug-likeness (QED) is 0.575. The Kier molecular flexibility index (Phi) is 6.22. The van der Waals surface area contributed by atoms with E-state index in [0.717, 1.165) is 41.7 Å². The molecule has 2 aromatic carbocycles. The van der Waals surface area contributed by atoms with Crippen LogP contribution in [0.15, 0.2) is 48.8 Å². The minimum Gasteiger partial charge on any atom is -0.493 e. The molecular formula is C20H24N4O2. The van der Waals surface area contributed by atoms with E-state index >= 15 is 0 Å². The standard InChI is InChI=1S/C20H24N4O2/c1-25-18-11-16-17(23-14-24-20(16)22-10-6-5-9-21)12-19(18)26-13-15-7-3-2-4-8-15/h2-4,7-8,11-12,14H,5-6,9-10,13,21H2,1H3,(H,22,23,24). The molecule has 0 fully saturated rings. The number of nitrogens with zero attached hydrogens (tertiary/aromatic N) is 2. The number of unbranched alkanes of at least 4 members (excludes halogenated alkanes) is 1. The predicted octanol–water partition coefficient (Wildman–Crippen LogP) is 3.37. The lowest BCUT2D eigenvalue weighted by molar-refractivity contribution is 0.285. The SMILES string of the molecule is COc1cc2c(NCCCCN)ncnc2cc1OCc1ccccc1. The Hall–Kier alpha value is -2.86. The fourth-order valence-corrected chi connectivity index (χ4v) is 2.69. The Morgan fingerprint density at radius 1 is 1.04 bits per heavy atom. The molecule has 3 N–H and O–H groups in total. The number of aromatic nitrogens is 2. The van der Waals surface area contributed by atoms with Gasteiger partial charge in [-0.15, -0.1) is 0 Å². The largest absolute Gasteiger partial charge is 0.493 e. The molecule has 26 heavy (non-hydrogen) atoms. The van der Waals surface area contributed by atoms with Crippen LogP contribution in [-0.4, -0.2) is 30.2 Å². The number of hydrogen-bond donors (Lipinski definition) is 2. The number of ether oxygens (including phenoxy) is 2. The van der Waals surface area contributed by atoms with E-state index in [1.807, 2.05) is 42.5 Å². The van der Waals surface area contributed by atoms with Gasteiger partial charge in [-0.05, 0) is 31.0 Å². The number of fused-ring (bicyclic) bond motifs is 1. The molecule has 0 aliphatic carbocycles. The number of hydrogen-bond acceptors (Lipinski definition) is 6. The van der Waals surface area contributed by atoms with Gasteiger partial charge in [0.1, 0.15) is 18.8 Å². The van der Waals surface area contributed by atoms with Gasteiger partial charge in [0.05, 0.1) is 12.6 Å². The third kappa shape index (κ3) is 4.40. The second-order valence-electron chi connectivity index (χ2n) is 5.94. The molecular weight excluding hydrogens is 328 g/mol. The number of nitrogens with one attached hydrogen (secondary N) is 1. The van der Waals surface area contributed by atoms with E-state index in [1.165, 1.54) is 0 Å². The van der Waals surface area contributed by atoms with Crippen molar-refractivity contribution in [2.75, 3.05) is 25.5 Å². The van der Waals surface area contributed by atoms with E-state index in [9.17, 15) is 0 Å². The first-order chi connectivity index (χ1) is 12.8. The highest BCUT2D eigenvalue weighted by Crippen LogP contribution is 2.34. The van der Waals surface area contributed by atoms with E-state index in [1.54, 1.807) is 13.4 Å². The van der Waals surface area contributed by atoms with Crippen molar-refractivity contribution in [1.29, 1.82) is 0 Å². The lowest BCUT2D eigenvalue weighted by atomic mass is 10.2. The topological polar surface area (TPSA) is 82.3 Å². The number of rotatable bonds is 9. The summed E-state index contributed by atoms with van der Waals surface area (Å²) >= 11 is 0. The Labute approximate surface area is 153 Å². The molecule has 3 aromatic rings. The van der Waals surface area contributed by atoms with Crippen molar-refractivity contribution in [3.63, 3.8) is 0 Å². The Morgan fingerprint density at radius 2 is 1.88 bits per heavy atom. The maximum absolute atomic E-state index is 5.96. The summed E-state index contributed by atoms with van der Waals surface area (Å²) < 4.78 is 11.5. The van der Waals surface area contributed by atoms with Gasteiger partial charge in [0.15, 0.2) is 11.5 Å². The Morgan fingerprint density at radius 3 is 2.65 bits per heavy atom. The molecule has 0 aliphatic rings. The van der Waals surface area contributed by atoms with Crippen molar-refractivity contribution < 1.29 is 9.47 Å². The van der Waals surface area contributed by atoms with Crippen LogP contribution in [0.4, 0.5) is 5.82 Å². The van der Waals surface area contributed by atoms with Gasteiger partial charge in [0.25, 0.3) is 0 Å². The molecule has 6 nitrogen and oxygen atoms in total. The van der Waals surface area contributed by atoms with Gasteiger partial charge in [-0.25, -0.2) is 9.97 Å². The normalized spacial score (nSPS) is 10.7. The third-order valence-electron chi connectivity index (χ3n) is 4.08. The molecule has 0 bridgehead atoms. The van der Waals surface area contributed by atoms with Crippen LogP contribution in [0.3, 0.4) is 0 Å². The second kappa shape index (κ2) is 9.01. The molecule has 1 heterocycles. The summed E-state index contributed by atoms with van der Waals surface area (Å²) in [4.78, 5) is 8.72. The molecule has 0 amide bonds. The summed E-state index contributed by atoms with van der Waals surface area (Å²) in [6.45, 7) is 1.98. The van der Waals surface area contributed by atoms with Crippen molar-refractivity contribution in [2.45, 2.75) is 19.4 Å². The van der Waals surface area contributed by atoms with E-state index in [0.29, 0.717) is 24.7 Å². The van der Waals surface area contributed by atoms with Crippen LogP contribution >= 0.6 is 0 Å². The molecule has 0 radical (unpaired) electrons. The molecule has 0 spiro atoms. The van der Waals surface area contributed by atoms with Crippen molar-refractivity contribution in [3.05, 3.63) is 54.4 Å². The van der Waals surface area contributed by atoms with Crippen molar-refractivity contribution in [1.82, 2.24) is 9.97 Å². The van der Waals surface area contributed by atoms with Crippen LogP contribution in [0, 0.1) is 0 Å². The first kappa shape index (κ1) is 17.9. The molecule has 0 saturated heterocycles. The Bertz CT molecular complexity index is 840. The maximum Gasteiger partial charge on any atom is 0.163 e. The first-order valence-corrected chi connectivity index (χ1v) is 8.75. The summed E-state index contributed by atoms with van der Waals surface area (Å²) in [5, 5.41) is 4.25. The number of methoxy groups -OCH3 is 1. The first-order valence-electron chi connectivity index (χ1n) is 8.75. The van der Waals surface area contributed by atoms with Gasteiger partial charge < -0.3 is 20.5 Å². The lowest BCUT2D eigenvalue weighted by Crippen LogP contribution is -2.07. The molecule has 1 aromatic heterocycles. The summed E-state index contributed by atoms with van der Waals surface area (Å²) in [5.41, 5.74) is 7.45. The monoisotopic (exact) mass is 352 g/mol. The van der Waals surface area contributed by atoms with Crippen LogP contribution < -0.4 is 20.5 Å². The average Bonchev–Trinajstić information content (AvgIpc) is 2.69. The number of anilines is 1. The average molecular weight is 352 g/mol. The molecule has 0 saturated carbocycles. The van der Waals surface area contributed by atoms with E-state index < -0.39 is 0 Å². The van der Waals surface area contributed by atoms with Crippen molar-refractivity contribution in [2.24, 2.45) is 5.73 Å².